The third-order valence-electron chi connectivity index (χ3n) is 3.88. The Labute approximate surface area is 165 Å². The van der Waals surface area contributed by atoms with E-state index in [0.29, 0.717) is 22.0 Å². The van der Waals surface area contributed by atoms with Gasteiger partial charge in [0.05, 0.1) is 18.2 Å². The predicted octanol–water partition coefficient (Wildman–Crippen LogP) is 2.93. The Morgan fingerprint density at radius 3 is 2.68 bits per heavy atom. The zero-order valence-corrected chi connectivity index (χ0v) is 15.6. The fourth-order valence-electron chi connectivity index (χ4n) is 2.47. The molecule has 0 fully saturated rings. The van der Waals surface area contributed by atoms with Crippen LogP contribution in [0.3, 0.4) is 0 Å². The number of hydrogen-bond acceptors (Lipinski definition) is 5. The summed E-state index contributed by atoms with van der Waals surface area (Å²) in [6.45, 7) is -0.0377. The highest BCUT2D eigenvalue weighted by molar-refractivity contribution is 7.14. The van der Waals surface area contributed by atoms with Gasteiger partial charge in [-0.15, -0.1) is 11.3 Å². The lowest BCUT2D eigenvalue weighted by molar-refractivity contribution is -0.120. The van der Waals surface area contributed by atoms with Gasteiger partial charge in [-0.2, -0.15) is 0 Å². The van der Waals surface area contributed by atoms with Crippen LogP contribution in [0.1, 0.15) is 27.7 Å². The van der Waals surface area contributed by atoms with Crippen molar-refractivity contribution in [3.05, 3.63) is 82.6 Å². The summed E-state index contributed by atoms with van der Waals surface area (Å²) >= 11 is 1.22. The Bertz CT molecular complexity index is 962. The monoisotopic (exact) mass is 399 g/mol. The normalized spacial score (nSPS) is 11.6. The summed E-state index contributed by atoms with van der Waals surface area (Å²) < 4.78 is 13.2. The second-order valence-electron chi connectivity index (χ2n) is 6.02. The van der Waals surface area contributed by atoms with Gasteiger partial charge in [0, 0.05) is 17.5 Å². The minimum atomic E-state index is -1.00. The first kappa shape index (κ1) is 19.7. The van der Waals surface area contributed by atoms with E-state index < -0.39 is 11.9 Å². The van der Waals surface area contributed by atoms with E-state index in [1.807, 2.05) is 6.07 Å². The SMILES string of the molecule is O=C(Cc1csc(NC(=O)c2ccccc2)n1)NCC(O)c1cccc(F)c1. The van der Waals surface area contributed by atoms with E-state index >= 15 is 0 Å². The highest BCUT2D eigenvalue weighted by Gasteiger charge is 2.13. The fourth-order valence-corrected chi connectivity index (χ4v) is 3.18. The van der Waals surface area contributed by atoms with Gasteiger partial charge < -0.3 is 10.4 Å². The van der Waals surface area contributed by atoms with Crippen molar-refractivity contribution in [3.8, 4) is 0 Å². The van der Waals surface area contributed by atoms with E-state index in [9.17, 15) is 19.1 Å². The number of nitrogens with zero attached hydrogens (tertiary/aromatic N) is 1. The van der Waals surface area contributed by atoms with Gasteiger partial charge in [-0.25, -0.2) is 9.37 Å². The minimum Gasteiger partial charge on any atom is -0.387 e. The number of aliphatic hydroxyl groups is 1. The third kappa shape index (κ3) is 5.45. The molecule has 28 heavy (non-hydrogen) atoms. The molecule has 8 heteroatoms. The maximum atomic E-state index is 13.2. The molecule has 1 unspecified atom stereocenters. The number of carbonyl (C=O) groups is 2. The van der Waals surface area contributed by atoms with Gasteiger partial charge >= 0.3 is 0 Å². The standard InChI is InChI=1S/C20H18FN3O3S/c21-15-8-4-7-14(9-15)17(25)11-22-18(26)10-16-12-28-20(23-16)24-19(27)13-5-2-1-3-6-13/h1-9,12,17,25H,10-11H2,(H,22,26)(H,23,24,27). The van der Waals surface area contributed by atoms with Gasteiger partial charge in [0.15, 0.2) is 5.13 Å². The van der Waals surface area contributed by atoms with Crippen LogP contribution < -0.4 is 10.6 Å². The summed E-state index contributed by atoms with van der Waals surface area (Å²) in [6.07, 6.45) is -0.996. The number of hydrogen-bond donors (Lipinski definition) is 3. The largest absolute Gasteiger partial charge is 0.387 e. The van der Waals surface area contributed by atoms with Crippen molar-refractivity contribution in [1.82, 2.24) is 10.3 Å². The molecule has 2 amide bonds. The topological polar surface area (TPSA) is 91.3 Å². The minimum absolute atomic E-state index is 0.00752. The van der Waals surface area contributed by atoms with Gasteiger partial charge in [-0.1, -0.05) is 30.3 Å². The van der Waals surface area contributed by atoms with Gasteiger partial charge in [0.25, 0.3) is 5.91 Å². The van der Waals surface area contributed by atoms with Gasteiger partial charge in [-0.05, 0) is 29.8 Å². The zero-order chi connectivity index (χ0) is 19.9. The number of thiazole rings is 1. The average molecular weight is 399 g/mol. The highest BCUT2D eigenvalue weighted by atomic mass is 32.1. The van der Waals surface area contributed by atoms with E-state index in [4.69, 9.17) is 0 Å². The van der Waals surface area contributed by atoms with Crippen LogP contribution in [0.4, 0.5) is 9.52 Å². The molecule has 2 aromatic carbocycles. The number of aromatic nitrogens is 1. The van der Waals surface area contributed by atoms with Gasteiger partial charge in [-0.3, -0.25) is 14.9 Å². The molecule has 0 bridgehead atoms. The number of amides is 2. The molecule has 0 saturated heterocycles. The van der Waals surface area contributed by atoms with E-state index in [2.05, 4.69) is 15.6 Å². The maximum absolute atomic E-state index is 13.2. The Kier molecular flexibility index (Phi) is 6.46. The number of rotatable bonds is 7. The second-order valence-corrected chi connectivity index (χ2v) is 6.87. The summed E-state index contributed by atoms with van der Waals surface area (Å²) in [5.41, 5.74) is 1.41. The summed E-state index contributed by atoms with van der Waals surface area (Å²) in [4.78, 5) is 28.4. The number of halogens is 1. The number of benzene rings is 2. The van der Waals surface area contributed by atoms with Crippen LogP contribution in [0.15, 0.2) is 60.0 Å². The van der Waals surface area contributed by atoms with Gasteiger partial charge in [0.1, 0.15) is 5.82 Å². The Balaban J connectivity index is 1.49. The molecule has 1 aromatic heterocycles. The first-order chi connectivity index (χ1) is 13.5. The predicted molar refractivity (Wildman–Crippen MR) is 105 cm³/mol. The van der Waals surface area contributed by atoms with E-state index in [-0.39, 0.29) is 24.8 Å². The van der Waals surface area contributed by atoms with Crippen LogP contribution in [-0.2, 0) is 11.2 Å². The molecule has 0 aliphatic rings. The third-order valence-corrected chi connectivity index (χ3v) is 4.68. The van der Waals surface area contributed by atoms with Crippen LogP contribution in [-0.4, -0.2) is 28.4 Å². The number of anilines is 1. The summed E-state index contributed by atoms with van der Waals surface area (Å²) in [7, 11) is 0. The average Bonchev–Trinajstić information content (AvgIpc) is 3.13. The molecule has 3 rings (SSSR count). The molecule has 0 saturated carbocycles. The molecule has 0 aliphatic heterocycles. The van der Waals surface area contributed by atoms with E-state index in [1.54, 1.807) is 35.7 Å². The second kappa shape index (κ2) is 9.20. The van der Waals surface area contributed by atoms with E-state index in [0.717, 1.165) is 0 Å². The van der Waals surface area contributed by atoms with Crippen LogP contribution in [0.2, 0.25) is 0 Å². The zero-order valence-electron chi connectivity index (χ0n) is 14.8. The lowest BCUT2D eigenvalue weighted by Crippen LogP contribution is -2.29. The van der Waals surface area contributed by atoms with Crippen LogP contribution in [0, 0.1) is 5.82 Å². The van der Waals surface area contributed by atoms with Crippen molar-refractivity contribution in [2.75, 3.05) is 11.9 Å². The maximum Gasteiger partial charge on any atom is 0.257 e. The van der Waals surface area contributed by atoms with Crippen molar-refractivity contribution in [1.29, 1.82) is 0 Å². The molecule has 0 spiro atoms. The van der Waals surface area contributed by atoms with Crippen molar-refractivity contribution >= 4 is 28.3 Å². The molecular weight excluding hydrogens is 381 g/mol. The van der Waals surface area contributed by atoms with Crippen molar-refractivity contribution < 1.29 is 19.1 Å². The molecule has 1 heterocycles. The molecule has 144 valence electrons. The molecule has 1 atom stereocenters. The first-order valence-electron chi connectivity index (χ1n) is 8.52. The molecule has 6 nitrogen and oxygen atoms in total. The fraction of sp³-hybridized carbons (Fsp3) is 0.150. The number of nitrogens with one attached hydrogen (secondary N) is 2. The Morgan fingerprint density at radius 1 is 1.14 bits per heavy atom. The Morgan fingerprint density at radius 2 is 1.93 bits per heavy atom. The first-order valence-corrected chi connectivity index (χ1v) is 9.40. The number of aliphatic hydroxyl groups excluding tert-OH is 1. The van der Waals surface area contributed by atoms with Gasteiger partial charge in [0.2, 0.25) is 5.91 Å². The lowest BCUT2D eigenvalue weighted by atomic mass is 10.1. The molecule has 3 aromatic rings. The Hall–Kier alpha value is -3.10. The van der Waals surface area contributed by atoms with Crippen molar-refractivity contribution in [3.63, 3.8) is 0 Å². The summed E-state index contributed by atoms with van der Waals surface area (Å²) in [5.74, 6) is -1.05. The van der Waals surface area contributed by atoms with Crippen LogP contribution in [0.5, 0.6) is 0 Å². The highest BCUT2D eigenvalue weighted by Crippen LogP contribution is 2.17. The van der Waals surface area contributed by atoms with Crippen LogP contribution in [0.25, 0.3) is 0 Å². The summed E-state index contributed by atoms with van der Waals surface area (Å²) in [6, 6.07) is 14.3. The lowest BCUT2D eigenvalue weighted by Gasteiger charge is -2.12. The molecule has 0 aliphatic carbocycles. The number of carbonyl (C=O) groups excluding carboxylic acids is 2. The molecule has 3 N–H and O–H groups in total. The summed E-state index contributed by atoms with van der Waals surface area (Å²) in [5, 5.41) is 17.4. The smallest absolute Gasteiger partial charge is 0.257 e. The van der Waals surface area contributed by atoms with Crippen molar-refractivity contribution in [2.45, 2.75) is 12.5 Å². The molecular formula is C20H18FN3O3S. The van der Waals surface area contributed by atoms with E-state index in [1.165, 1.54) is 29.5 Å². The quantitative estimate of drug-likeness (QED) is 0.570. The molecule has 0 radical (unpaired) electrons. The van der Waals surface area contributed by atoms with Crippen LogP contribution >= 0.6 is 11.3 Å². The van der Waals surface area contributed by atoms with Crippen molar-refractivity contribution in [2.24, 2.45) is 0 Å².